The minimum atomic E-state index is -4.68. The van der Waals surface area contributed by atoms with Gasteiger partial charge in [-0.05, 0) is 19.1 Å². The van der Waals surface area contributed by atoms with Crippen LogP contribution in [-0.4, -0.2) is 46.5 Å². The molecule has 1 heterocycles. The second-order valence-corrected chi connectivity index (χ2v) is 5.70. The number of aromatic nitrogens is 2. The fraction of sp³-hybridized carbons (Fsp3) is 0.294. The molecule has 8 nitrogen and oxygen atoms in total. The lowest BCUT2D eigenvalue weighted by Gasteiger charge is -2.17. The molecule has 0 radical (unpaired) electrons. The van der Waals surface area contributed by atoms with E-state index in [1.807, 2.05) is 0 Å². The summed E-state index contributed by atoms with van der Waals surface area (Å²) < 4.78 is 45.3. The Morgan fingerprint density at radius 3 is 2.54 bits per heavy atom. The molecule has 0 aliphatic rings. The molecule has 0 aliphatic carbocycles. The molecule has 1 amide bonds. The third kappa shape index (κ3) is 4.55. The summed E-state index contributed by atoms with van der Waals surface area (Å²) in [4.78, 5) is 35.2. The highest BCUT2D eigenvalue weighted by atomic mass is 19.4. The number of nitrogens with zero attached hydrogens (tertiary/aromatic N) is 2. The summed E-state index contributed by atoms with van der Waals surface area (Å²) in [5.74, 6) is -2.37. The number of hydrogen-bond donors (Lipinski definition) is 2. The number of methoxy groups -OCH3 is 1. The molecule has 0 aliphatic heterocycles. The van der Waals surface area contributed by atoms with Crippen LogP contribution < -0.4 is 10.7 Å². The standard InChI is InChI=1S/C17H16F3N3O5/c1-9-7-12(24)14(15(25)21-8-13(28-2)16(26)27)22-23(9)11-6-4-3-5-10(11)17(18,19)20/h3-7,13H,8H2,1-2H3,(H,21,25)(H,26,27). The van der Waals surface area contributed by atoms with E-state index in [0.29, 0.717) is 0 Å². The number of ether oxygens (including phenoxy) is 1. The second kappa shape index (κ2) is 8.21. The number of carbonyl (C=O) groups is 2. The van der Waals surface area contributed by atoms with Crippen LogP contribution in [0.2, 0.25) is 0 Å². The van der Waals surface area contributed by atoms with Crippen molar-refractivity contribution in [1.82, 2.24) is 15.1 Å². The largest absolute Gasteiger partial charge is 0.479 e. The molecule has 0 saturated carbocycles. The van der Waals surface area contributed by atoms with Gasteiger partial charge >= 0.3 is 12.1 Å². The maximum absolute atomic E-state index is 13.3. The number of carboxylic acids is 1. The monoisotopic (exact) mass is 399 g/mol. The third-order valence-corrected chi connectivity index (χ3v) is 3.77. The van der Waals surface area contributed by atoms with Crippen molar-refractivity contribution in [1.29, 1.82) is 0 Å². The first-order chi connectivity index (χ1) is 13.1. The number of rotatable bonds is 6. The number of hydrogen-bond acceptors (Lipinski definition) is 5. The predicted molar refractivity (Wildman–Crippen MR) is 90.3 cm³/mol. The van der Waals surface area contributed by atoms with Crippen LogP contribution in [0.25, 0.3) is 5.69 Å². The summed E-state index contributed by atoms with van der Waals surface area (Å²) in [6.45, 7) is 0.910. The van der Waals surface area contributed by atoms with E-state index >= 15 is 0 Å². The maximum atomic E-state index is 13.3. The van der Waals surface area contributed by atoms with Gasteiger partial charge in [0, 0.05) is 18.9 Å². The third-order valence-electron chi connectivity index (χ3n) is 3.77. The van der Waals surface area contributed by atoms with E-state index in [1.165, 1.54) is 19.1 Å². The number of para-hydroxylation sites is 1. The van der Waals surface area contributed by atoms with Gasteiger partial charge in [0.1, 0.15) is 0 Å². The van der Waals surface area contributed by atoms with Crippen LogP contribution in [0.5, 0.6) is 0 Å². The fourth-order valence-corrected chi connectivity index (χ4v) is 2.39. The number of carbonyl (C=O) groups excluding carboxylic acids is 1. The summed E-state index contributed by atoms with van der Waals surface area (Å²) >= 11 is 0. The first-order valence-corrected chi connectivity index (χ1v) is 7.87. The number of halogens is 3. The summed E-state index contributed by atoms with van der Waals surface area (Å²) in [6.07, 6.45) is -6.04. The van der Waals surface area contributed by atoms with E-state index in [9.17, 15) is 27.6 Å². The van der Waals surface area contributed by atoms with Gasteiger partial charge in [-0.3, -0.25) is 9.59 Å². The van der Waals surface area contributed by atoms with E-state index in [0.717, 1.165) is 30.0 Å². The topological polar surface area (TPSA) is 111 Å². The van der Waals surface area contributed by atoms with E-state index in [2.05, 4.69) is 15.2 Å². The highest BCUT2D eigenvalue weighted by molar-refractivity contribution is 5.92. The summed E-state index contributed by atoms with van der Waals surface area (Å²) in [7, 11) is 1.12. The van der Waals surface area contributed by atoms with Crippen molar-refractivity contribution in [3.8, 4) is 5.69 Å². The van der Waals surface area contributed by atoms with Crippen molar-refractivity contribution < 1.29 is 32.6 Å². The molecule has 2 N–H and O–H groups in total. The molecule has 0 fully saturated rings. The Bertz CT molecular complexity index is 956. The average Bonchev–Trinajstić information content (AvgIpc) is 2.61. The van der Waals surface area contributed by atoms with Gasteiger partial charge < -0.3 is 15.2 Å². The Kier molecular flexibility index (Phi) is 6.19. The van der Waals surface area contributed by atoms with Gasteiger partial charge in [-0.25, -0.2) is 9.48 Å². The fourth-order valence-electron chi connectivity index (χ4n) is 2.39. The van der Waals surface area contributed by atoms with Crippen molar-refractivity contribution in [3.63, 3.8) is 0 Å². The van der Waals surface area contributed by atoms with Gasteiger partial charge in [0.2, 0.25) is 5.43 Å². The Morgan fingerprint density at radius 1 is 1.32 bits per heavy atom. The smallest absolute Gasteiger partial charge is 0.418 e. The van der Waals surface area contributed by atoms with Crippen LogP contribution >= 0.6 is 0 Å². The minimum Gasteiger partial charge on any atom is -0.479 e. The lowest BCUT2D eigenvalue weighted by Crippen LogP contribution is -2.40. The number of aryl methyl sites for hydroxylation is 1. The number of carboxylic acid groups (broad SMARTS) is 1. The van der Waals surface area contributed by atoms with Gasteiger partial charge in [-0.2, -0.15) is 18.3 Å². The quantitative estimate of drug-likeness (QED) is 0.760. The van der Waals surface area contributed by atoms with Crippen LogP contribution in [0.1, 0.15) is 21.7 Å². The van der Waals surface area contributed by atoms with Crippen molar-refractivity contribution in [2.24, 2.45) is 0 Å². The predicted octanol–water partition coefficient (Wildman–Crippen LogP) is 1.39. The van der Waals surface area contributed by atoms with Crippen molar-refractivity contribution in [3.05, 3.63) is 57.5 Å². The lowest BCUT2D eigenvalue weighted by molar-refractivity contribution is -0.148. The molecule has 2 aromatic rings. The molecule has 1 atom stereocenters. The Balaban J connectivity index is 2.45. The van der Waals surface area contributed by atoms with Crippen LogP contribution in [-0.2, 0) is 15.7 Å². The lowest BCUT2D eigenvalue weighted by atomic mass is 10.1. The zero-order chi connectivity index (χ0) is 21.1. The summed E-state index contributed by atoms with van der Waals surface area (Å²) in [5.41, 5.74) is -2.77. The molecular formula is C17H16F3N3O5. The van der Waals surface area contributed by atoms with E-state index < -0.39 is 47.4 Å². The number of alkyl halides is 3. The first kappa shape index (κ1) is 21.1. The highest BCUT2D eigenvalue weighted by Gasteiger charge is 2.34. The molecule has 1 unspecified atom stereocenters. The Morgan fingerprint density at radius 2 is 1.96 bits per heavy atom. The van der Waals surface area contributed by atoms with Gasteiger partial charge in [0.25, 0.3) is 5.91 Å². The molecule has 28 heavy (non-hydrogen) atoms. The molecule has 150 valence electrons. The molecule has 0 bridgehead atoms. The summed E-state index contributed by atoms with van der Waals surface area (Å²) in [5, 5.41) is 14.8. The van der Waals surface area contributed by atoms with Gasteiger partial charge in [-0.15, -0.1) is 0 Å². The molecule has 0 saturated heterocycles. The van der Waals surface area contributed by atoms with Crippen LogP contribution in [0.3, 0.4) is 0 Å². The molecule has 0 spiro atoms. The molecule has 1 aromatic carbocycles. The second-order valence-electron chi connectivity index (χ2n) is 5.70. The number of benzene rings is 1. The highest BCUT2D eigenvalue weighted by Crippen LogP contribution is 2.33. The molecule has 11 heteroatoms. The van der Waals surface area contributed by atoms with Gasteiger partial charge in [0.15, 0.2) is 11.8 Å². The number of nitrogens with one attached hydrogen (secondary N) is 1. The first-order valence-electron chi connectivity index (χ1n) is 7.87. The average molecular weight is 399 g/mol. The summed E-state index contributed by atoms with van der Waals surface area (Å²) in [6, 6.07) is 5.54. The van der Waals surface area contributed by atoms with E-state index in [1.54, 1.807) is 0 Å². The van der Waals surface area contributed by atoms with Crippen LogP contribution in [0.4, 0.5) is 13.2 Å². The van der Waals surface area contributed by atoms with Crippen molar-refractivity contribution in [2.45, 2.75) is 19.2 Å². The maximum Gasteiger partial charge on any atom is 0.418 e. The zero-order valence-electron chi connectivity index (χ0n) is 14.8. The Labute approximate surface area is 156 Å². The SMILES string of the molecule is COC(CNC(=O)c1nn(-c2ccccc2C(F)(F)F)c(C)cc1=O)C(=O)O. The normalized spacial score (nSPS) is 12.5. The van der Waals surface area contributed by atoms with Crippen LogP contribution in [0.15, 0.2) is 35.1 Å². The van der Waals surface area contributed by atoms with E-state index in [-0.39, 0.29) is 11.4 Å². The van der Waals surface area contributed by atoms with Crippen LogP contribution in [0, 0.1) is 6.92 Å². The van der Waals surface area contributed by atoms with Crippen molar-refractivity contribution in [2.75, 3.05) is 13.7 Å². The molecular weight excluding hydrogens is 383 g/mol. The van der Waals surface area contributed by atoms with Gasteiger partial charge in [-0.1, -0.05) is 12.1 Å². The number of aliphatic carboxylic acids is 1. The molecule has 1 aromatic heterocycles. The minimum absolute atomic E-state index is 0.0820. The zero-order valence-corrected chi connectivity index (χ0v) is 14.8. The van der Waals surface area contributed by atoms with E-state index in [4.69, 9.17) is 5.11 Å². The number of amides is 1. The van der Waals surface area contributed by atoms with Crippen molar-refractivity contribution >= 4 is 11.9 Å². The Hall–Kier alpha value is -3.21. The molecule has 2 rings (SSSR count). The van der Waals surface area contributed by atoms with Gasteiger partial charge in [0.05, 0.1) is 17.8 Å².